The van der Waals surface area contributed by atoms with Gasteiger partial charge >= 0.3 is 6.09 Å². The summed E-state index contributed by atoms with van der Waals surface area (Å²) in [5, 5.41) is 2.53. The molecule has 0 spiro atoms. The van der Waals surface area contributed by atoms with E-state index in [1.54, 1.807) is 24.3 Å². The second kappa shape index (κ2) is 5.60. The molecular weight excluding hydrogens is 262 g/mol. The van der Waals surface area contributed by atoms with Crippen molar-refractivity contribution in [2.24, 2.45) is 0 Å². The monoisotopic (exact) mass is 273 g/mol. The molecule has 1 aromatic carbocycles. The average Bonchev–Trinajstić information content (AvgIpc) is 2.16. The van der Waals surface area contributed by atoms with E-state index in [0.29, 0.717) is 5.75 Å². The topological polar surface area (TPSA) is 47.6 Å². The summed E-state index contributed by atoms with van der Waals surface area (Å²) in [5.74, 6) is 0.470. The Morgan fingerprint density at radius 3 is 2.47 bits per heavy atom. The van der Waals surface area contributed by atoms with Gasteiger partial charge in [-0.05, 0) is 38.1 Å². The van der Waals surface area contributed by atoms with Crippen LogP contribution in [0.15, 0.2) is 28.7 Å². The summed E-state index contributed by atoms with van der Waals surface area (Å²) in [5.41, 5.74) is 0. The fourth-order valence-corrected chi connectivity index (χ4v) is 1.10. The van der Waals surface area contributed by atoms with Gasteiger partial charge < -0.3 is 5.32 Å². The van der Waals surface area contributed by atoms with Crippen LogP contribution in [0.25, 0.3) is 0 Å². The van der Waals surface area contributed by atoms with Gasteiger partial charge in [-0.3, -0.25) is 4.89 Å². The lowest BCUT2D eigenvalue weighted by Gasteiger charge is -2.07. The zero-order valence-corrected chi connectivity index (χ0v) is 10.1. The van der Waals surface area contributed by atoms with Crippen LogP contribution in [0.2, 0.25) is 0 Å². The lowest BCUT2D eigenvalue weighted by molar-refractivity contribution is -0.143. The molecule has 0 heterocycles. The highest BCUT2D eigenvalue weighted by molar-refractivity contribution is 9.10. The van der Waals surface area contributed by atoms with Crippen molar-refractivity contribution in [1.82, 2.24) is 5.32 Å². The predicted octanol–water partition coefficient (Wildman–Crippen LogP) is 2.88. The summed E-state index contributed by atoms with van der Waals surface area (Å²) in [4.78, 5) is 20.3. The third kappa shape index (κ3) is 4.69. The predicted molar refractivity (Wildman–Crippen MR) is 59.5 cm³/mol. The number of hydrogen-bond donors (Lipinski definition) is 1. The minimum atomic E-state index is -0.604. The molecule has 0 aliphatic rings. The normalized spacial score (nSPS) is 9.87. The maximum absolute atomic E-state index is 11.0. The Kier molecular flexibility index (Phi) is 4.42. The zero-order valence-electron chi connectivity index (χ0n) is 8.49. The molecule has 15 heavy (non-hydrogen) atoms. The molecule has 0 aliphatic heterocycles. The summed E-state index contributed by atoms with van der Waals surface area (Å²) < 4.78 is 0.932. The fourth-order valence-electron chi connectivity index (χ4n) is 0.836. The van der Waals surface area contributed by atoms with Gasteiger partial charge in [0, 0.05) is 10.5 Å². The van der Waals surface area contributed by atoms with Crippen LogP contribution in [0.3, 0.4) is 0 Å². The quantitative estimate of drug-likeness (QED) is 0.681. The summed E-state index contributed by atoms with van der Waals surface area (Å²) in [7, 11) is 0. The van der Waals surface area contributed by atoms with Crippen LogP contribution >= 0.6 is 15.9 Å². The molecule has 0 aromatic heterocycles. The number of amides is 1. The van der Waals surface area contributed by atoms with E-state index in [2.05, 4.69) is 26.1 Å². The first-order valence-electron chi connectivity index (χ1n) is 4.48. The van der Waals surface area contributed by atoms with Gasteiger partial charge in [0.2, 0.25) is 0 Å². The molecular formula is C10H12BrNO3. The van der Waals surface area contributed by atoms with E-state index < -0.39 is 6.09 Å². The van der Waals surface area contributed by atoms with Crippen LogP contribution in [0.4, 0.5) is 4.79 Å². The Morgan fingerprint density at radius 2 is 1.93 bits per heavy atom. The van der Waals surface area contributed by atoms with Crippen molar-refractivity contribution in [3.63, 3.8) is 0 Å². The van der Waals surface area contributed by atoms with Gasteiger partial charge in [-0.15, -0.1) is 0 Å². The number of hydrogen-bond acceptors (Lipinski definition) is 3. The smallest absolute Gasteiger partial charge is 0.316 e. The van der Waals surface area contributed by atoms with E-state index in [0.717, 1.165) is 4.47 Å². The molecule has 1 rings (SSSR count). The Hall–Kier alpha value is -1.23. The molecule has 0 atom stereocenters. The van der Waals surface area contributed by atoms with Crippen LogP contribution < -0.4 is 10.2 Å². The van der Waals surface area contributed by atoms with Crippen LogP contribution in [0.5, 0.6) is 5.75 Å². The van der Waals surface area contributed by atoms with Crippen LogP contribution in [0.1, 0.15) is 13.8 Å². The molecule has 0 saturated heterocycles. The lowest BCUT2D eigenvalue weighted by Crippen LogP contribution is -2.31. The van der Waals surface area contributed by atoms with Gasteiger partial charge in [0.25, 0.3) is 0 Å². The van der Waals surface area contributed by atoms with E-state index in [1.165, 1.54) is 0 Å². The highest BCUT2D eigenvalue weighted by atomic mass is 79.9. The van der Waals surface area contributed by atoms with E-state index in [1.807, 2.05) is 13.8 Å². The fraction of sp³-hybridized carbons (Fsp3) is 0.300. The molecule has 0 saturated carbocycles. The molecule has 82 valence electrons. The number of nitrogens with one attached hydrogen (secondary N) is 1. The number of halogens is 1. The first-order chi connectivity index (χ1) is 7.08. The van der Waals surface area contributed by atoms with Crippen molar-refractivity contribution in [2.45, 2.75) is 19.9 Å². The molecule has 1 aromatic rings. The molecule has 1 N–H and O–H groups in total. The summed E-state index contributed by atoms with van der Waals surface area (Å²) in [6.45, 7) is 3.67. The minimum Gasteiger partial charge on any atom is -0.316 e. The molecule has 0 unspecified atom stereocenters. The number of carbonyl (C=O) groups is 1. The standard InChI is InChI=1S/C10H12BrNO3/c1-7(2)12-10(13)15-14-9-5-3-8(11)4-6-9/h3-7H,1-2H3,(H,12,13). The molecule has 5 heteroatoms. The summed E-state index contributed by atoms with van der Waals surface area (Å²) in [6, 6.07) is 6.98. The van der Waals surface area contributed by atoms with Gasteiger partial charge in [-0.25, -0.2) is 9.68 Å². The van der Waals surface area contributed by atoms with E-state index in [4.69, 9.17) is 4.89 Å². The molecule has 0 bridgehead atoms. The van der Waals surface area contributed by atoms with Crippen molar-refractivity contribution in [3.8, 4) is 5.75 Å². The second-order valence-electron chi connectivity index (χ2n) is 3.21. The van der Waals surface area contributed by atoms with E-state index in [-0.39, 0.29) is 6.04 Å². The number of rotatable bonds is 3. The van der Waals surface area contributed by atoms with Crippen molar-refractivity contribution >= 4 is 22.0 Å². The first-order valence-corrected chi connectivity index (χ1v) is 5.28. The third-order valence-corrected chi connectivity index (χ3v) is 1.96. The molecule has 1 amide bonds. The highest BCUT2D eigenvalue weighted by Crippen LogP contribution is 2.16. The molecule has 0 radical (unpaired) electrons. The van der Waals surface area contributed by atoms with Crippen molar-refractivity contribution in [3.05, 3.63) is 28.7 Å². The Bertz CT molecular complexity index is 324. The molecule has 4 nitrogen and oxygen atoms in total. The molecule has 0 fully saturated rings. The maximum Gasteiger partial charge on any atom is 0.450 e. The van der Waals surface area contributed by atoms with Gasteiger partial charge in [0.1, 0.15) is 0 Å². The highest BCUT2D eigenvalue weighted by Gasteiger charge is 2.05. The zero-order chi connectivity index (χ0) is 11.3. The number of benzene rings is 1. The maximum atomic E-state index is 11.0. The SMILES string of the molecule is CC(C)NC(=O)OOc1ccc(Br)cc1. The summed E-state index contributed by atoms with van der Waals surface area (Å²) >= 11 is 3.28. The van der Waals surface area contributed by atoms with Gasteiger partial charge in [0.05, 0.1) is 0 Å². The average molecular weight is 274 g/mol. The minimum absolute atomic E-state index is 0.0195. The van der Waals surface area contributed by atoms with Crippen LogP contribution in [0, 0.1) is 0 Å². The van der Waals surface area contributed by atoms with Crippen LogP contribution in [-0.2, 0) is 4.89 Å². The van der Waals surface area contributed by atoms with Gasteiger partial charge in [-0.1, -0.05) is 15.9 Å². The Balaban J connectivity index is 2.37. The van der Waals surface area contributed by atoms with E-state index >= 15 is 0 Å². The molecule has 0 aliphatic carbocycles. The van der Waals surface area contributed by atoms with Crippen molar-refractivity contribution < 1.29 is 14.6 Å². The second-order valence-corrected chi connectivity index (χ2v) is 4.12. The number of carbonyl (C=O) groups excluding carboxylic acids is 1. The van der Waals surface area contributed by atoms with Crippen molar-refractivity contribution in [2.75, 3.05) is 0 Å². The van der Waals surface area contributed by atoms with Crippen molar-refractivity contribution in [1.29, 1.82) is 0 Å². The Morgan fingerprint density at radius 1 is 1.33 bits per heavy atom. The largest absolute Gasteiger partial charge is 0.450 e. The van der Waals surface area contributed by atoms with Gasteiger partial charge in [0.15, 0.2) is 5.75 Å². The Labute approximate surface area is 96.6 Å². The first kappa shape index (κ1) is 11.8. The third-order valence-electron chi connectivity index (χ3n) is 1.43. The summed E-state index contributed by atoms with van der Waals surface area (Å²) in [6.07, 6.45) is -0.604. The lowest BCUT2D eigenvalue weighted by atomic mass is 10.3. The van der Waals surface area contributed by atoms with Gasteiger partial charge in [-0.2, -0.15) is 0 Å². The van der Waals surface area contributed by atoms with E-state index in [9.17, 15) is 4.79 Å². The van der Waals surface area contributed by atoms with Crippen LogP contribution in [-0.4, -0.2) is 12.1 Å².